The largest absolute Gasteiger partial charge is 0.458 e. The zero-order valence-electron chi connectivity index (χ0n) is 28.3. The highest BCUT2D eigenvalue weighted by molar-refractivity contribution is 5.82. The summed E-state index contributed by atoms with van der Waals surface area (Å²) in [4.78, 5) is 11.9. The minimum atomic E-state index is -0.312. The molecule has 0 amide bonds. The number of rotatable bonds is 25. The summed E-state index contributed by atoms with van der Waals surface area (Å²) in [7, 11) is 0. The van der Waals surface area contributed by atoms with Crippen molar-refractivity contribution in [2.24, 2.45) is 0 Å². The molecule has 0 spiro atoms. The van der Waals surface area contributed by atoms with Crippen LogP contribution in [0.4, 0.5) is 0 Å². The molecule has 0 heterocycles. The number of allylic oxidation sites excluding steroid dienone is 14. The van der Waals surface area contributed by atoms with Crippen LogP contribution in [0.2, 0.25) is 0 Å². The lowest BCUT2D eigenvalue weighted by Crippen LogP contribution is -2.00. The van der Waals surface area contributed by atoms with Crippen molar-refractivity contribution >= 4 is 5.97 Å². The van der Waals surface area contributed by atoms with E-state index in [4.69, 9.17) is 4.74 Å². The minimum Gasteiger partial charge on any atom is -0.458 e. The third-order valence-electron chi connectivity index (χ3n) is 7.21. The molecule has 0 fully saturated rings. The third-order valence-corrected chi connectivity index (χ3v) is 7.21. The molecule has 0 saturated carbocycles. The van der Waals surface area contributed by atoms with E-state index in [1.165, 1.54) is 86.2 Å². The summed E-state index contributed by atoms with van der Waals surface area (Å²) < 4.78 is 5.29. The van der Waals surface area contributed by atoms with Gasteiger partial charge in [0.1, 0.15) is 6.61 Å². The van der Waals surface area contributed by atoms with Crippen molar-refractivity contribution in [3.63, 3.8) is 0 Å². The monoisotopic (exact) mass is 576 g/mol. The molecule has 0 saturated heterocycles. The van der Waals surface area contributed by atoms with Gasteiger partial charge in [-0.25, -0.2) is 4.79 Å². The fraction of sp³-hybridized carbons (Fsp3) is 0.575. The van der Waals surface area contributed by atoms with Gasteiger partial charge < -0.3 is 4.74 Å². The van der Waals surface area contributed by atoms with Crippen LogP contribution < -0.4 is 0 Å². The number of unbranched alkanes of at least 4 members (excludes halogenated alkanes) is 9. The lowest BCUT2D eigenvalue weighted by atomic mass is 10.0. The quantitative estimate of drug-likeness (QED) is 0.0355. The molecule has 0 aromatic rings. The lowest BCUT2D eigenvalue weighted by molar-refractivity contribution is -0.136. The summed E-state index contributed by atoms with van der Waals surface area (Å²) in [6.45, 7) is 13.5. The van der Waals surface area contributed by atoms with Gasteiger partial charge in [0.25, 0.3) is 0 Å². The summed E-state index contributed by atoms with van der Waals surface area (Å²) in [5.41, 5.74) is 5.58. The molecular weight excluding hydrogens is 512 g/mol. The minimum absolute atomic E-state index is 0.312. The molecule has 42 heavy (non-hydrogen) atoms. The van der Waals surface area contributed by atoms with Crippen molar-refractivity contribution in [3.05, 3.63) is 95.2 Å². The highest BCUT2D eigenvalue weighted by Crippen LogP contribution is 2.14. The van der Waals surface area contributed by atoms with Crippen molar-refractivity contribution in [1.29, 1.82) is 0 Å². The fourth-order valence-electron chi connectivity index (χ4n) is 4.44. The number of carbonyl (C=O) groups is 1. The van der Waals surface area contributed by atoms with Gasteiger partial charge in [-0.1, -0.05) is 141 Å². The van der Waals surface area contributed by atoms with Crippen LogP contribution in [0.15, 0.2) is 95.2 Å². The van der Waals surface area contributed by atoms with Gasteiger partial charge in [0.05, 0.1) is 0 Å². The third kappa shape index (κ3) is 30.4. The van der Waals surface area contributed by atoms with Crippen LogP contribution in [0, 0.1) is 0 Å². The Morgan fingerprint density at radius 1 is 0.524 bits per heavy atom. The van der Waals surface area contributed by atoms with Crippen LogP contribution in [0.5, 0.6) is 0 Å². The Balaban J connectivity index is 3.93. The number of carbonyl (C=O) groups excluding carboxylic acids is 1. The molecule has 0 bridgehead atoms. The van der Waals surface area contributed by atoms with Gasteiger partial charge in [-0.15, -0.1) is 0 Å². The Morgan fingerprint density at radius 3 is 1.57 bits per heavy atom. The average Bonchev–Trinajstić information content (AvgIpc) is 2.94. The molecule has 0 aliphatic rings. The molecule has 0 aliphatic carbocycles. The highest BCUT2D eigenvalue weighted by Gasteiger charge is 1.96. The molecule has 0 atom stereocenters. The van der Waals surface area contributed by atoms with E-state index in [1.807, 2.05) is 30.4 Å². The Kier molecular flexibility index (Phi) is 28.0. The molecule has 0 N–H and O–H groups in total. The SMILES string of the molecule is CCCCCCCCCCCC=CC=CC=CC=CC(=O)OC/C=C(\C)CCC=C(C)CC/C=C(\C)CCC=C(C)C. The van der Waals surface area contributed by atoms with Gasteiger partial charge in [-0.05, 0) is 92.1 Å². The molecule has 2 nitrogen and oxygen atoms in total. The van der Waals surface area contributed by atoms with Crippen molar-refractivity contribution in [2.75, 3.05) is 6.61 Å². The molecule has 0 aromatic carbocycles. The summed E-state index contributed by atoms with van der Waals surface area (Å²) in [6.07, 6.45) is 44.4. The van der Waals surface area contributed by atoms with Gasteiger partial charge >= 0.3 is 5.97 Å². The van der Waals surface area contributed by atoms with Gasteiger partial charge in [0, 0.05) is 6.08 Å². The lowest BCUT2D eigenvalue weighted by Gasteiger charge is -2.03. The van der Waals surface area contributed by atoms with E-state index in [1.54, 1.807) is 6.08 Å². The van der Waals surface area contributed by atoms with E-state index >= 15 is 0 Å². The van der Waals surface area contributed by atoms with E-state index in [-0.39, 0.29) is 5.97 Å². The number of esters is 1. The first-order valence-corrected chi connectivity index (χ1v) is 16.8. The predicted molar refractivity (Wildman–Crippen MR) is 188 cm³/mol. The highest BCUT2D eigenvalue weighted by atomic mass is 16.5. The molecule has 0 radical (unpaired) electrons. The van der Waals surface area contributed by atoms with Crippen molar-refractivity contribution in [3.8, 4) is 0 Å². The maximum Gasteiger partial charge on any atom is 0.331 e. The van der Waals surface area contributed by atoms with Crippen molar-refractivity contribution in [1.82, 2.24) is 0 Å². The van der Waals surface area contributed by atoms with Crippen molar-refractivity contribution < 1.29 is 9.53 Å². The summed E-state index contributed by atoms with van der Waals surface area (Å²) in [6, 6.07) is 0. The zero-order chi connectivity index (χ0) is 31.1. The first kappa shape index (κ1) is 39.4. The smallest absolute Gasteiger partial charge is 0.331 e. The summed E-state index contributed by atoms with van der Waals surface area (Å²) in [5, 5.41) is 0. The van der Waals surface area contributed by atoms with Gasteiger partial charge in [-0.3, -0.25) is 0 Å². The number of hydrogen-bond donors (Lipinski definition) is 0. The molecule has 0 aromatic heterocycles. The van der Waals surface area contributed by atoms with Crippen LogP contribution in [-0.4, -0.2) is 12.6 Å². The Bertz CT molecular complexity index is 913. The van der Waals surface area contributed by atoms with Gasteiger partial charge in [0.15, 0.2) is 0 Å². The molecule has 0 unspecified atom stereocenters. The van der Waals surface area contributed by atoms with E-state index in [0.29, 0.717) is 6.61 Å². The maximum atomic E-state index is 11.9. The summed E-state index contributed by atoms with van der Waals surface area (Å²) >= 11 is 0. The van der Waals surface area contributed by atoms with Crippen LogP contribution in [-0.2, 0) is 9.53 Å². The maximum absolute atomic E-state index is 11.9. The topological polar surface area (TPSA) is 26.3 Å². The Hall–Kier alpha value is -2.61. The van der Waals surface area contributed by atoms with E-state index < -0.39 is 0 Å². The van der Waals surface area contributed by atoms with Crippen LogP contribution in [0.25, 0.3) is 0 Å². The number of hydrogen-bond acceptors (Lipinski definition) is 2. The average molecular weight is 577 g/mol. The van der Waals surface area contributed by atoms with E-state index in [2.05, 4.69) is 71.9 Å². The van der Waals surface area contributed by atoms with Crippen LogP contribution in [0.3, 0.4) is 0 Å². The first-order chi connectivity index (χ1) is 20.3. The summed E-state index contributed by atoms with van der Waals surface area (Å²) in [5.74, 6) is -0.312. The van der Waals surface area contributed by atoms with Crippen LogP contribution in [0.1, 0.15) is 144 Å². The second-order valence-corrected chi connectivity index (χ2v) is 11.9. The fourth-order valence-corrected chi connectivity index (χ4v) is 4.44. The Labute approximate surface area is 261 Å². The first-order valence-electron chi connectivity index (χ1n) is 16.8. The molecule has 2 heteroatoms. The molecule has 0 rings (SSSR count). The normalized spacial score (nSPS) is 13.3. The van der Waals surface area contributed by atoms with Crippen molar-refractivity contribution in [2.45, 2.75) is 144 Å². The second kappa shape index (κ2) is 29.9. The zero-order valence-corrected chi connectivity index (χ0v) is 28.3. The van der Waals surface area contributed by atoms with Crippen LogP contribution >= 0.6 is 0 Å². The predicted octanol–water partition coefficient (Wildman–Crippen LogP) is 12.8. The number of ether oxygens (including phenoxy) is 1. The van der Waals surface area contributed by atoms with Gasteiger partial charge in [-0.2, -0.15) is 0 Å². The standard InChI is InChI=1S/C40H64O2/c1-7-8-9-10-11-12-13-14-15-16-17-18-19-20-21-22-23-33-40(41)42-35-34-39(6)32-26-31-38(5)30-25-29-37(4)28-24-27-36(2)3/h17-23,27,29,31,33-34H,7-16,24-26,28,30,32,35H2,1-6H3/b18-17?,20-19?,22-21?,33-23?,37-29+,38-31?,39-34+. The molecule has 236 valence electrons. The molecule has 0 aliphatic heterocycles. The molecular formula is C40H64O2. The van der Waals surface area contributed by atoms with E-state index in [9.17, 15) is 4.79 Å². The Morgan fingerprint density at radius 2 is 1.00 bits per heavy atom. The van der Waals surface area contributed by atoms with Gasteiger partial charge in [0.2, 0.25) is 0 Å². The van der Waals surface area contributed by atoms with E-state index in [0.717, 1.165) is 44.9 Å². The second-order valence-electron chi connectivity index (χ2n) is 11.9.